The molecule has 0 aliphatic heterocycles. The SMILES string of the molecule is Cc1cc(Nc2nc(Sc3ccc(NC(=O)c4ccccc4C(F)(F)F)cc3)nc3cccn23)n[nH]1. The molecule has 5 aromatic rings. The zero-order valence-corrected chi connectivity index (χ0v) is 19.5. The van der Waals surface area contributed by atoms with Crippen molar-refractivity contribution in [3.05, 3.63) is 89.7 Å². The van der Waals surface area contributed by atoms with Crippen LogP contribution >= 0.6 is 11.8 Å². The number of nitrogens with zero attached hydrogens (tertiary/aromatic N) is 4. The third kappa shape index (κ3) is 5.03. The van der Waals surface area contributed by atoms with Gasteiger partial charge in [0.2, 0.25) is 5.95 Å². The summed E-state index contributed by atoms with van der Waals surface area (Å²) >= 11 is 1.30. The maximum Gasteiger partial charge on any atom is 0.417 e. The average molecular weight is 510 g/mol. The molecule has 3 heterocycles. The lowest BCUT2D eigenvalue weighted by Gasteiger charge is -2.13. The second-order valence-corrected chi connectivity index (χ2v) is 8.79. The van der Waals surface area contributed by atoms with Gasteiger partial charge < -0.3 is 10.6 Å². The summed E-state index contributed by atoms with van der Waals surface area (Å²) in [5.41, 5.74) is 0.528. The van der Waals surface area contributed by atoms with Crippen molar-refractivity contribution in [2.75, 3.05) is 10.6 Å². The van der Waals surface area contributed by atoms with Gasteiger partial charge >= 0.3 is 6.18 Å². The van der Waals surface area contributed by atoms with Gasteiger partial charge in [-0.15, -0.1) is 0 Å². The van der Waals surface area contributed by atoms with Crippen molar-refractivity contribution < 1.29 is 18.0 Å². The summed E-state index contributed by atoms with van der Waals surface area (Å²) in [6.07, 6.45) is -2.79. The lowest BCUT2D eigenvalue weighted by atomic mass is 10.1. The number of fused-ring (bicyclic) bond motifs is 1. The Hall–Kier alpha value is -4.32. The Morgan fingerprint density at radius 2 is 1.81 bits per heavy atom. The predicted molar refractivity (Wildman–Crippen MR) is 130 cm³/mol. The maximum atomic E-state index is 13.2. The van der Waals surface area contributed by atoms with E-state index < -0.39 is 23.2 Å². The van der Waals surface area contributed by atoms with Crippen molar-refractivity contribution in [3.8, 4) is 0 Å². The number of aromatic amines is 1. The minimum Gasteiger partial charge on any atom is -0.322 e. The number of carbonyl (C=O) groups is 1. The molecular weight excluding hydrogens is 491 g/mol. The van der Waals surface area contributed by atoms with Gasteiger partial charge in [0.25, 0.3) is 5.91 Å². The van der Waals surface area contributed by atoms with E-state index in [0.29, 0.717) is 28.3 Å². The highest BCUT2D eigenvalue weighted by Gasteiger charge is 2.34. The van der Waals surface area contributed by atoms with Gasteiger partial charge in [0.05, 0.1) is 11.1 Å². The molecule has 0 aliphatic rings. The largest absolute Gasteiger partial charge is 0.417 e. The second-order valence-electron chi connectivity index (χ2n) is 7.75. The van der Waals surface area contributed by atoms with E-state index in [1.54, 1.807) is 28.7 Å². The van der Waals surface area contributed by atoms with Gasteiger partial charge in [-0.05, 0) is 67.2 Å². The van der Waals surface area contributed by atoms with E-state index in [-0.39, 0.29) is 0 Å². The molecule has 8 nitrogen and oxygen atoms in total. The second kappa shape index (κ2) is 9.38. The molecule has 0 unspecified atom stereocenters. The fourth-order valence-corrected chi connectivity index (χ4v) is 4.23. The predicted octanol–water partition coefficient (Wildman–Crippen LogP) is 5.93. The quantitative estimate of drug-likeness (QED) is 0.263. The van der Waals surface area contributed by atoms with E-state index in [1.807, 2.05) is 31.3 Å². The summed E-state index contributed by atoms with van der Waals surface area (Å²) in [6, 6.07) is 16.9. The highest BCUT2D eigenvalue weighted by molar-refractivity contribution is 7.99. The minimum absolute atomic E-state index is 0.362. The van der Waals surface area contributed by atoms with Gasteiger partial charge in [-0.25, -0.2) is 4.98 Å². The first kappa shape index (κ1) is 23.4. The third-order valence-electron chi connectivity index (χ3n) is 5.11. The number of halogens is 3. The minimum atomic E-state index is -4.63. The number of benzene rings is 2. The van der Waals surface area contributed by atoms with E-state index in [2.05, 4.69) is 30.8 Å². The van der Waals surface area contributed by atoms with E-state index in [4.69, 9.17) is 0 Å². The van der Waals surface area contributed by atoms with E-state index >= 15 is 0 Å². The topological polar surface area (TPSA) is 100 Å². The van der Waals surface area contributed by atoms with Crippen LogP contribution in [0.3, 0.4) is 0 Å². The van der Waals surface area contributed by atoms with Gasteiger partial charge in [-0.2, -0.15) is 23.3 Å². The van der Waals surface area contributed by atoms with Crippen LogP contribution in [0.2, 0.25) is 0 Å². The van der Waals surface area contributed by atoms with Crippen molar-refractivity contribution in [1.82, 2.24) is 24.6 Å². The molecule has 0 saturated carbocycles. The van der Waals surface area contributed by atoms with Crippen LogP contribution in [0.15, 0.2) is 83.0 Å². The number of aryl methyl sites for hydroxylation is 1. The summed E-state index contributed by atoms with van der Waals surface area (Å²) in [5.74, 6) is 0.310. The van der Waals surface area contributed by atoms with Crippen LogP contribution in [0.25, 0.3) is 5.65 Å². The van der Waals surface area contributed by atoms with Crippen LogP contribution in [0, 0.1) is 6.92 Å². The zero-order valence-electron chi connectivity index (χ0n) is 18.7. The maximum absolute atomic E-state index is 13.2. The summed E-state index contributed by atoms with van der Waals surface area (Å²) in [6.45, 7) is 1.89. The molecule has 2 aromatic carbocycles. The van der Waals surface area contributed by atoms with Crippen molar-refractivity contribution in [2.45, 2.75) is 23.2 Å². The smallest absolute Gasteiger partial charge is 0.322 e. The molecule has 3 N–H and O–H groups in total. The first-order valence-electron chi connectivity index (χ1n) is 10.7. The molecule has 5 rings (SSSR count). The molecular formula is C24H18F3N7OS. The highest BCUT2D eigenvalue weighted by atomic mass is 32.2. The van der Waals surface area contributed by atoms with Crippen molar-refractivity contribution in [1.29, 1.82) is 0 Å². The molecule has 0 aliphatic carbocycles. The molecule has 0 bridgehead atoms. The van der Waals surface area contributed by atoms with Crippen LogP contribution in [-0.2, 0) is 6.18 Å². The summed E-state index contributed by atoms with van der Waals surface area (Å²) in [5, 5.41) is 13.2. The molecule has 0 radical (unpaired) electrons. The molecule has 0 atom stereocenters. The Morgan fingerprint density at radius 3 is 2.53 bits per heavy atom. The van der Waals surface area contributed by atoms with Crippen LogP contribution in [0.1, 0.15) is 21.6 Å². The Labute approximate surface area is 207 Å². The molecule has 12 heteroatoms. The normalized spacial score (nSPS) is 11.6. The fraction of sp³-hybridized carbons (Fsp3) is 0.0833. The lowest BCUT2D eigenvalue weighted by Crippen LogP contribution is -2.18. The number of rotatable bonds is 6. The number of H-pyrrole nitrogens is 1. The van der Waals surface area contributed by atoms with Gasteiger partial charge in [-0.3, -0.25) is 14.3 Å². The number of nitrogens with one attached hydrogen (secondary N) is 3. The van der Waals surface area contributed by atoms with E-state index in [9.17, 15) is 18.0 Å². The number of amides is 1. The molecule has 3 aromatic heterocycles. The Kier molecular flexibility index (Phi) is 6.10. The first-order chi connectivity index (χ1) is 17.3. The van der Waals surface area contributed by atoms with E-state index in [1.165, 1.54) is 23.9 Å². The summed E-state index contributed by atoms with van der Waals surface area (Å²) < 4.78 is 41.5. The van der Waals surface area contributed by atoms with Gasteiger partial charge in [0.1, 0.15) is 5.65 Å². The third-order valence-corrected chi connectivity index (χ3v) is 5.98. The van der Waals surface area contributed by atoms with E-state index in [0.717, 1.165) is 22.7 Å². The van der Waals surface area contributed by atoms with Crippen molar-refractivity contribution in [3.63, 3.8) is 0 Å². The molecule has 0 fully saturated rings. The van der Waals surface area contributed by atoms with Crippen LogP contribution in [0.5, 0.6) is 0 Å². The summed E-state index contributed by atoms with van der Waals surface area (Å²) in [4.78, 5) is 22.4. The number of anilines is 3. The van der Waals surface area contributed by atoms with Gasteiger partial charge in [-0.1, -0.05) is 12.1 Å². The fourth-order valence-electron chi connectivity index (χ4n) is 3.48. The molecule has 1 amide bonds. The first-order valence-corrected chi connectivity index (χ1v) is 11.5. The van der Waals surface area contributed by atoms with Crippen LogP contribution in [0.4, 0.5) is 30.6 Å². The van der Waals surface area contributed by atoms with Crippen molar-refractivity contribution in [2.24, 2.45) is 0 Å². The number of carbonyl (C=O) groups excluding carboxylic acids is 1. The Bertz CT molecular complexity index is 1540. The zero-order chi connectivity index (χ0) is 25.3. The van der Waals surface area contributed by atoms with Gasteiger partial charge in [0, 0.05) is 28.5 Å². The molecule has 0 spiro atoms. The number of hydrogen-bond donors (Lipinski definition) is 3. The monoisotopic (exact) mass is 509 g/mol. The molecule has 182 valence electrons. The standard InChI is InChI=1S/C24H18F3N7OS/c1-14-13-19(33-32-14)29-22-31-23(30-20-7-4-12-34(20)22)36-16-10-8-15(9-11-16)28-21(35)17-5-2-3-6-18(17)24(25,26)27/h2-13H,1H3,(H,28,35)(H2,29,30,31,32,33). The van der Waals surface area contributed by atoms with Crippen LogP contribution < -0.4 is 10.6 Å². The average Bonchev–Trinajstić information content (AvgIpc) is 3.48. The lowest BCUT2D eigenvalue weighted by molar-refractivity contribution is -0.137. The Balaban J connectivity index is 1.33. The Morgan fingerprint density at radius 1 is 1.03 bits per heavy atom. The summed E-state index contributed by atoms with van der Waals surface area (Å²) in [7, 11) is 0. The number of alkyl halides is 3. The highest BCUT2D eigenvalue weighted by Crippen LogP contribution is 2.32. The van der Waals surface area contributed by atoms with Crippen molar-refractivity contribution >= 4 is 40.8 Å². The molecule has 36 heavy (non-hydrogen) atoms. The number of aromatic nitrogens is 5. The van der Waals surface area contributed by atoms with Gasteiger partial charge in [0.15, 0.2) is 11.0 Å². The molecule has 0 saturated heterocycles. The number of hydrogen-bond acceptors (Lipinski definition) is 6. The van der Waals surface area contributed by atoms with Crippen LogP contribution in [-0.4, -0.2) is 30.5 Å².